The van der Waals surface area contributed by atoms with E-state index in [4.69, 9.17) is 5.73 Å². The topological polar surface area (TPSA) is 68.0 Å². The Balaban J connectivity index is 2.13. The lowest BCUT2D eigenvalue weighted by atomic mass is 10.1. The van der Waals surface area contributed by atoms with Crippen molar-refractivity contribution in [3.05, 3.63) is 59.4 Å². The molecule has 3 N–H and O–H groups in total. The van der Waals surface area contributed by atoms with Crippen molar-refractivity contribution in [3.63, 3.8) is 0 Å². The van der Waals surface area contributed by atoms with Crippen LogP contribution in [-0.2, 0) is 0 Å². The Bertz CT molecular complexity index is 581. The number of nitrogens with one attached hydrogen (secondary N) is 1. The average molecular weight is 255 g/mol. The van der Waals surface area contributed by atoms with Crippen LogP contribution in [0, 0.1) is 6.92 Å². The molecule has 0 saturated heterocycles. The maximum Gasteiger partial charge on any atom is 0.253 e. The van der Waals surface area contributed by atoms with Gasteiger partial charge in [0.2, 0.25) is 0 Å². The molecular formula is C15H17N3O. The molecule has 0 fully saturated rings. The van der Waals surface area contributed by atoms with Gasteiger partial charge >= 0.3 is 0 Å². The van der Waals surface area contributed by atoms with Crippen LogP contribution < -0.4 is 11.1 Å². The molecule has 1 aromatic heterocycles. The van der Waals surface area contributed by atoms with Crippen LogP contribution in [-0.4, -0.2) is 10.9 Å². The number of nitrogens with zero attached hydrogens (tertiary/aromatic N) is 1. The summed E-state index contributed by atoms with van der Waals surface area (Å²) in [6.45, 7) is 3.83. The lowest BCUT2D eigenvalue weighted by Crippen LogP contribution is -2.27. The van der Waals surface area contributed by atoms with E-state index >= 15 is 0 Å². The fraction of sp³-hybridized carbons (Fsp3) is 0.200. The van der Waals surface area contributed by atoms with Crippen molar-refractivity contribution >= 4 is 11.6 Å². The summed E-state index contributed by atoms with van der Waals surface area (Å²) in [5.41, 5.74) is 8.70. The van der Waals surface area contributed by atoms with Crippen molar-refractivity contribution in [1.29, 1.82) is 0 Å². The number of nitrogen functional groups attached to an aromatic ring is 1. The van der Waals surface area contributed by atoms with Gasteiger partial charge in [0.15, 0.2) is 0 Å². The van der Waals surface area contributed by atoms with Crippen LogP contribution >= 0.6 is 0 Å². The lowest BCUT2D eigenvalue weighted by molar-refractivity contribution is 0.0940. The van der Waals surface area contributed by atoms with Crippen molar-refractivity contribution < 1.29 is 4.79 Å². The highest BCUT2D eigenvalue weighted by Crippen LogP contribution is 2.15. The number of anilines is 1. The van der Waals surface area contributed by atoms with Gasteiger partial charge in [0.05, 0.1) is 17.3 Å². The first-order chi connectivity index (χ1) is 9.08. The summed E-state index contributed by atoms with van der Waals surface area (Å²) in [4.78, 5) is 16.4. The second kappa shape index (κ2) is 5.52. The lowest BCUT2D eigenvalue weighted by Gasteiger charge is -2.14. The van der Waals surface area contributed by atoms with E-state index in [9.17, 15) is 4.79 Å². The number of rotatable bonds is 3. The van der Waals surface area contributed by atoms with Crippen molar-refractivity contribution in [3.8, 4) is 0 Å². The maximum absolute atomic E-state index is 12.1. The Morgan fingerprint density at radius 1 is 1.32 bits per heavy atom. The smallest absolute Gasteiger partial charge is 0.253 e. The largest absolute Gasteiger partial charge is 0.398 e. The van der Waals surface area contributed by atoms with E-state index in [0.29, 0.717) is 11.3 Å². The van der Waals surface area contributed by atoms with Gasteiger partial charge in [-0.3, -0.25) is 9.78 Å². The summed E-state index contributed by atoms with van der Waals surface area (Å²) in [7, 11) is 0. The van der Waals surface area contributed by atoms with Crippen molar-refractivity contribution in [1.82, 2.24) is 10.3 Å². The predicted octanol–water partition coefficient (Wildman–Crippen LogP) is 2.46. The molecule has 19 heavy (non-hydrogen) atoms. The molecule has 2 aromatic rings. The molecule has 4 heteroatoms. The molecule has 0 aliphatic rings. The molecule has 0 bridgehead atoms. The summed E-state index contributed by atoms with van der Waals surface area (Å²) in [6.07, 6.45) is 1.71. The summed E-state index contributed by atoms with van der Waals surface area (Å²) in [5.74, 6) is -0.185. The van der Waals surface area contributed by atoms with Gasteiger partial charge in [0, 0.05) is 11.9 Å². The highest BCUT2D eigenvalue weighted by Gasteiger charge is 2.14. The number of hydrogen-bond acceptors (Lipinski definition) is 3. The van der Waals surface area contributed by atoms with Gasteiger partial charge in [-0.1, -0.05) is 12.1 Å². The fourth-order valence-electron chi connectivity index (χ4n) is 1.87. The Morgan fingerprint density at radius 2 is 2.11 bits per heavy atom. The zero-order chi connectivity index (χ0) is 13.8. The van der Waals surface area contributed by atoms with E-state index < -0.39 is 0 Å². The number of nitrogens with two attached hydrogens (primary N) is 1. The SMILES string of the molecule is Cc1ccc(C(=O)NC(C)c2ccccn2)c(N)c1. The number of amides is 1. The Kier molecular flexibility index (Phi) is 3.80. The number of benzene rings is 1. The van der Waals surface area contributed by atoms with E-state index in [0.717, 1.165) is 11.3 Å². The third-order valence-corrected chi connectivity index (χ3v) is 2.93. The van der Waals surface area contributed by atoms with Gasteiger partial charge in [0.1, 0.15) is 0 Å². The van der Waals surface area contributed by atoms with Crippen LogP contribution in [0.15, 0.2) is 42.6 Å². The van der Waals surface area contributed by atoms with Crippen molar-refractivity contribution in [2.24, 2.45) is 0 Å². The zero-order valence-corrected chi connectivity index (χ0v) is 11.1. The highest BCUT2D eigenvalue weighted by molar-refractivity contribution is 5.99. The fourth-order valence-corrected chi connectivity index (χ4v) is 1.87. The van der Waals surface area contributed by atoms with Crippen LogP contribution in [0.25, 0.3) is 0 Å². The molecule has 98 valence electrons. The Hall–Kier alpha value is -2.36. The van der Waals surface area contributed by atoms with Crippen LogP contribution in [0.1, 0.15) is 34.6 Å². The van der Waals surface area contributed by atoms with E-state index in [1.165, 1.54) is 0 Å². The van der Waals surface area contributed by atoms with Crippen molar-refractivity contribution in [2.75, 3.05) is 5.73 Å². The second-order valence-corrected chi connectivity index (χ2v) is 4.54. The van der Waals surface area contributed by atoms with Gasteiger partial charge in [0.25, 0.3) is 5.91 Å². The van der Waals surface area contributed by atoms with Crippen LogP contribution in [0.2, 0.25) is 0 Å². The van der Waals surface area contributed by atoms with E-state index in [-0.39, 0.29) is 11.9 Å². The van der Waals surface area contributed by atoms with Crippen LogP contribution in [0.5, 0.6) is 0 Å². The second-order valence-electron chi connectivity index (χ2n) is 4.54. The number of aryl methyl sites for hydroxylation is 1. The minimum atomic E-state index is -0.185. The molecule has 0 aliphatic heterocycles. The first-order valence-corrected chi connectivity index (χ1v) is 6.16. The summed E-state index contributed by atoms with van der Waals surface area (Å²) >= 11 is 0. The Labute approximate surface area is 112 Å². The summed E-state index contributed by atoms with van der Waals surface area (Å²) < 4.78 is 0. The molecular weight excluding hydrogens is 238 g/mol. The third-order valence-electron chi connectivity index (χ3n) is 2.93. The third kappa shape index (κ3) is 3.10. The zero-order valence-electron chi connectivity index (χ0n) is 11.1. The van der Waals surface area contributed by atoms with Gasteiger partial charge in [-0.15, -0.1) is 0 Å². The summed E-state index contributed by atoms with van der Waals surface area (Å²) in [6, 6.07) is 10.9. The molecule has 0 saturated carbocycles. The normalized spacial score (nSPS) is 11.9. The molecule has 4 nitrogen and oxygen atoms in total. The highest BCUT2D eigenvalue weighted by atomic mass is 16.1. The molecule has 1 unspecified atom stereocenters. The average Bonchev–Trinajstić information content (AvgIpc) is 2.39. The minimum Gasteiger partial charge on any atom is -0.398 e. The number of aromatic nitrogens is 1. The molecule has 1 aromatic carbocycles. The van der Waals surface area contributed by atoms with Gasteiger partial charge < -0.3 is 11.1 Å². The first-order valence-electron chi connectivity index (χ1n) is 6.16. The van der Waals surface area contributed by atoms with Gasteiger partial charge in [-0.2, -0.15) is 0 Å². The molecule has 1 atom stereocenters. The number of hydrogen-bond donors (Lipinski definition) is 2. The molecule has 0 aliphatic carbocycles. The maximum atomic E-state index is 12.1. The van der Waals surface area contributed by atoms with E-state index in [1.54, 1.807) is 18.3 Å². The first kappa shape index (κ1) is 13.1. The minimum absolute atomic E-state index is 0.158. The van der Waals surface area contributed by atoms with Gasteiger partial charge in [-0.05, 0) is 43.7 Å². The molecule has 1 heterocycles. The summed E-state index contributed by atoms with van der Waals surface area (Å²) in [5, 5.41) is 2.89. The number of carbonyl (C=O) groups is 1. The molecule has 0 spiro atoms. The monoisotopic (exact) mass is 255 g/mol. The standard InChI is InChI=1S/C15H17N3O/c1-10-6-7-12(13(16)9-10)15(19)18-11(2)14-5-3-4-8-17-14/h3-9,11H,16H2,1-2H3,(H,18,19). The van der Waals surface area contributed by atoms with Crippen LogP contribution in [0.3, 0.4) is 0 Å². The number of pyridine rings is 1. The predicted molar refractivity (Wildman–Crippen MR) is 75.7 cm³/mol. The number of carbonyl (C=O) groups excluding carboxylic acids is 1. The van der Waals surface area contributed by atoms with E-state index in [2.05, 4.69) is 10.3 Å². The van der Waals surface area contributed by atoms with Crippen molar-refractivity contribution in [2.45, 2.75) is 19.9 Å². The van der Waals surface area contributed by atoms with Crippen LogP contribution in [0.4, 0.5) is 5.69 Å². The van der Waals surface area contributed by atoms with E-state index in [1.807, 2.05) is 38.1 Å². The van der Waals surface area contributed by atoms with Gasteiger partial charge in [-0.25, -0.2) is 0 Å². The molecule has 2 rings (SSSR count). The quantitative estimate of drug-likeness (QED) is 0.828. The molecule has 1 amide bonds. The molecule has 0 radical (unpaired) electrons. The Morgan fingerprint density at radius 3 is 2.74 bits per heavy atom.